The normalized spacial score (nSPS) is 14.6. The van der Waals surface area contributed by atoms with Gasteiger partial charge in [0.2, 0.25) is 5.91 Å². The van der Waals surface area contributed by atoms with Crippen molar-refractivity contribution in [2.45, 2.75) is 25.8 Å². The second kappa shape index (κ2) is 9.59. The molecule has 0 saturated carbocycles. The SMILES string of the molecule is Cc1n[nH]c(C)c1-c1ccc(NC(=O)[C@@H](NC(=O)c2ccnn2C)[C@@H]2C=Cc3ccc(C#N)cc32)cc1. The van der Waals surface area contributed by atoms with E-state index in [-0.39, 0.29) is 5.91 Å². The summed E-state index contributed by atoms with van der Waals surface area (Å²) in [4.78, 5) is 26.7. The zero-order valence-corrected chi connectivity index (χ0v) is 20.6. The summed E-state index contributed by atoms with van der Waals surface area (Å²) >= 11 is 0. The number of nitriles is 1. The van der Waals surface area contributed by atoms with Crippen LogP contribution in [-0.4, -0.2) is 37.8 Å². The molecule has 9 heteroatoms. The first-order valence-corrected chi connectivity index (χ1v) is 11.8. The molecule has 0 unspecified atom stereocenters. The van der Waals surface area contributed by atoms with Crippen molar-refractivity contribution in [1.82, 2.24) is 25.3 Å². The lowest BCUT2D eigenvalue weighted by Crippen LogP contribution is -2.47. The average molecular weight is 492 g/mol. The van der Waals surface area contributed by atoms with Crippen LogP contribution in [0, 0.1) is 25.2 Å². The van der Waals surface area contributed by atoms with Crippen LogP contribution in [-0.2, 0) is 11.8 Å². The maximum atomic E-state index is 13.6. The lowest BCUT2D eigenvalue weighted by Gasteiger charge is -2.24. The van der Waals surface area contributed by atoms with Crippen LogP contribution in [0.4, 0.5) is 5.69 Å². The van der Waals surface area contributed by atoms with Crippen LogP contribution in [0.1, 0.15) is 44.5 Å². The molecule has 5 rings (SSSR count). The van der Waals surface area contributed by atoms with E-state index >= 15 is 0 Å². The fourth-order valence-corrected chi connectivity index (χ4v) is 4.73. The number of fused-ring (bicyclic) bond motifs is 1. The van der Waals surface area contributed by atoms with Gasteiger partial charge in [-0.2, -0.15) is 15.5 Å². The van der Waals surface area contributed by atoms with Crippen molar-refractivity contribution in [2.24, 2.45) is 7.05 Å². The number of nitrogens with zero attached hydrogens (tertiary/aromatic N) is 4. The largest absolute Gasteiger partial charge is 0.338 e. The monoisotopic (exact) mass is 491 g/mol. The molecule has 2 heterocycles. The second-order valence-electron chi connectivity index (χ2n) is 9.01. The van der Waals surface area contributed by atoms with Gasteiger partial charge in [0.05, 0.1) is 17.3 Å². The highest BCUT2D eigenvalue weighted by Gasteiger charge is 2.34. The van der Waals surface area contributed by atoms with Gasteiger partial charge in [0.15, 0.2) is 0 Å². The van der Waals surface area contributed by atoms with Crippen LogP contribution in [0.2, 0.25) is 0 Å². The van der Waals surface area contributed by atoms with E-state index < -0.39 is 17.9 Å². The van der Waals surface area contributed by atoms with Gasteiger partial charge < -0.3 is 10.6 Å². The first-order chi connectivity index (χ1) is 17.9. The van der Waals surface area contributed by atoms with E-state index in [0.29, 0.717) is 16.9 Å². The maximum Gasteiger partial charge on any atom is 0.270 e. The summed E-state index contributed by atoms with van der Waals surface area (Å²) in [6, 6.07) is 15.7. The summed E-state index contributed by atoms with van der Waals surface area (Å²) in [6.45, 7) is 3.90. The van der Waals surface area contributed by atoms with Crippen LogP contribution in [0.3, 0.4) is 0 Å². The molecule has 3 N–H and O–H groups in total. The molecule has 37 heavy (non-hydrogen) atoms. The molecule has 0 spiro atoms. The molecular weight excluding hydrogens is 466 g/mol. The van der Waals surface area contributed by atoms with Crippen molar-refractivity contribution in [1.29, 1.82) is 5.26 Å². The lowest BCUT2D eigenvalue weighted by atomic mass is 9.91. The summed E-state index contributed by atoms with van der Waals surface area (Å²) in [5.41, 5.74) is 7.02. The van der Waals surface area contributed by atoms with Crippen LogP contribution >= 0.6 is 0 Å². The van der Waals surface area contributed by atoms with Gasteiger partial charge in [0.1, 0.15) is 11.7 Å². The number of rotatable bonds is 6. The first-order valence-electron chi connectivity index (χ1n) is 11.8. The number of benzene rings is 2. The highest BCUT2D eigenvalue weighted by atomic mass is 16.2. The van der Waals surface area contributed by atoms with Crippen LogP contribution in [0.25, 0.3) is 17.2 Å². The molecule has 2 aromatic heterocycles. The van der Waals surface area contributed by atoms with Gasteiger partial charge in [-0.05, 0) is 60.9 Å². The molecule has 0 radical (unpaired) electrons. The van der Waals surface area contributed by atoms with E-state index in [1.54, 1.807) is 25.2 Å². The molecule has 184 valence electrons. The third-order valence-electron chi connectivity index (χ3n) is 6.61. The molecular formula is C28H25N7O2. The molecule has 2 atom stereocenters. The van der Waals surface area contributed by atoms with Crippen molar-refractivity contribution in [3.63, 3.8) is 0 Å². The van der Waals surface area contributed by atoms with Gasteiger partial charge in [0, 0.05) is 36.1 Å². The van der Waals surface area contributed by atoms with Crippen molar-refractivity contribution in [3.05, 3.63) is 94.6 Å². The average Bonchev–Trinajstić information content (AvgIpc) is 3.61. The number of hydrogen-bond donors (Lipinski definition) is 3. The molecule has 4 aromatic rings. The molecule has 0 fully saturated rings. The molecule has 1 aliphatic carbocycles. The van der Waals surface area contributed by atoms with E-state index in [4.69, 9.17) is 0 Å². The number of H-pyrrole nitrogens is 1. The number of carbonyl (C=O) groups is 2. The number of aromatic nitrogens is 4. The number of aryl methyl sites for hydroxylation is 3. The predicted octanol–water partition coefficient (Wildman–Crippen LogP) is 3.85. The Morgan fingerprint density at radius 3 is 2.57 bits per heavy atom. The number of anilines is 1. The smallest absolute Gasteiger partial charge is 0.270 e. The Morgan fingerprint density at radius 2 is 1.92 bits per heavy atom. The quantitative estimate of drug-likeness (QED) is 0.377. The van der Waals surface area contributed by atoms with E-state index in [1.165, 1.54) is 10.9 Å². The number of aromatic amines is 1. The van der Waals surface area contributed by atoms with Gasteiger partial charge in [-0.15, -0.1) is 0 Å². The van der Waals surface area contributed by atoms with Crippen molar-refractivity contribution < 1.29 is 9.59 Å². The Kier molecular flexibility index (Phi) is 6.15. The standard InChI is InChI=1S/C28H25N7O2/c1-16-25(17(2)34-33-16)20-6-9-21(10-7-20)31-28(37)26(32-27(36)24-12-13-30-35(24)3)22-11-8-19-5-4-18(15-29)14-23(19)22/h4-14,22,26H,1-3H3,(H,31,37)(H,32,36)(H,33,34)/t22-,26+/m1/s1. The zero-order chi connectivity index (χ0) is 26.1. The van der Waals surface area contributed by atoms with Gasteiger partial charge >= 0.3 is 0 Å². The fraction of sp³-hybridized carbons (Fsp3) is 0.179. The topological polar surface area (TPSA) is 128 Å². The zero-order valence-electron chi connectivity index (χ0n) is 20.6. The summed E-state index contributed by atoms with van der Waals surface area (Å²) in [5.74, 6) is -1.24. The molecule has 0 bridgehead atoms. The molecule has 2 aromatic carbocycles. The predicted molar refractivity (Wildman–Crippen MR) is 140 cm³/mol. The van der Waals surface area contributed by atoms with E-state index in [1.807, 2.05) is 56.3 Å². The van der Waals surface area contributed by atoms with Gasteiger partial charge in [0.25, 0.3) is 5.91 Å². The maximum absolute atomic E-state index is 13.6. The summed E-state index contributed by atoms with van der Waals surface area (Å²) in [7, 11) is 1.67. The minimum atomic E-state index is -0.924. The number of amides is 2. The third kappa shape index (κ3) is 4.52. The fourth-order valence-electron chi connectivity index (χ4n) is 4.73. The Morgan fingerprint density at radius 1 is 1.14 bits per heavy atom. The lowest BCUT2D eigenvalue weighted by molar-refractivity contribution is -0.118. The third-order valence-corrected chi connectivity index (χ3v) is 6.61. The summed E-state index contributed by atoms with van der Waals surface area (Å²) < 4.78 is 1.45. The van der Waals surface area contributed by atoms with Crippen molar-refractivity contribution >= 4 is 23.6 Å². The molecule has 1 aliphatic rings. The molecule has 0 saturated heterocycles. The highest BCUT2D eigenvalue weighted by Crippen LogP contribution is 2.34. The molecule has 0 aliphatic heterocycles. The highest BCUT2D eigenvalue weighted by molar-refractivity contribution is 6.01. The van der Waals surface area contributed by atoms with Crippen LogP contribution < -0.4 is 10.6 Å². The van der Waals surface area contributed by atoms with Gasteiger partial charge in [-0.25, -0.2) is 0 Å². The van der Waals surface area contributed by atoms with Gasteiger partial charge in [-0.1, -0.05) is 30.4 Å². The Labute approximate surface area is 213 Å². The van der Waals surface area contributed by atoms with E-state index in [2.05, 4.69) is 32.0 Å². The number of carbonyl (C=O) groups excluding carboxylic acids is 2. The Bertz CT molecular complexity index is 1550. The van der Waals surface area contributed by atoms with Gasteiger partial charge in [-0.3, -0.25) is 19.4 Å². The number of nitrogens with one attached hydrogen (secondary N) is 3. The second-order valence-corrected chi connectivity index (χ2v) is 9.01. The Hall–Kier alpha value is -4.97. The van der Waals surface area contributed by atoms with Crippen LogP contribution in [0.15, 0.2) is 60.8 Å². The molecule has 2 amide bonds. The number of hydrogen-bond acceptors (Lipinski definition) is 5. The molecule has 9 nitrogen and oxygen atoms in total. The van der Waals surface area contributed by atoms with Crippen LogP contribution in [0.5, 0.6) is 0 Å². The van der Waals surface area contributed by atoms with E-state index in [0.717, 1.165) is 33.6 Å². The summed E-state index contributed by atoms with van der Waals surface area (Å²) in [5, 5.41) is 26.5. The first kappa shape index (κ1) is 23.8. The minimum Gasteiger partial charge on any atom is -0.338 e. The van der Waals surface area contributed by atoms with E-state index in [9.17, 15) is 14.9 Å². The Balaban J connectivity index is 1.43. The van der Waals surface area contributed by atoms with Crippen molar-refractivity contribution in [2.75, 3.05) is 5.32 Å². The van der Waals surface area contributed by atoms with Crippen molar-refractivity contribution in [3.8, 4) is 17.2 Å². The summed E-state index contributed by atoms with van der Waals surface area (Å²) in [6.07, 6.45) is 5.31. The minimum absolute atomic E-state index is 0.334.